The minimum Gasteiger partial charge on any atom is -0.364 e. The van der Waals surface area contributed by atoms with E-state index in [4.69, 9.17) is 9.47 Å². The highest BCUT2D eigenvalue weighted by Crippen LogP contribution is 2.13. The number of nitrogens with one attached hydrogen (secondary N) is 2. The van der Waals surface area contributed by atoms with Crippen LogP contribution in [-0.2, 0) is 38.8 Å². The number of rotatable bonds is 11. The largest absolute Gasteiger partial charge is 0.364 e. The molecule has 3 aromatic carbocycles. The van der Waals surface area contributed by atoms with E-state index in [9.17, 15) is 9.59 Å². The van der Waals surface area contributed by atoms with Gasteiger partial charge in [0.2, 0.25) is 5.91 Å². The molecule has 0 aliphatic rings. The number of ether oxygens (including phenoxy) is 2. The van der Waals surface area contributed by atoms with Gasteiger partial charge < -0.3 is 20.1 Å². The highest BCUT2D eigenvalue weighted by Gasteiger charge is 2.15. The fraction of sp³-hybridized carbons (Fsp3) is 0.259. The molecule has 172 valence electrons. The van der Waals surface area contributed by atoms with Crippen LogP contribution in [0.3, 0.4) is 0 Å². The first-order chi connectivity index (χ1) is 16.0. The van der Waals surface area contributed by atoms with Crippen molar-refractivity contribution < 1.29 is 19.1 Å². The second-order valence-electron chi connectivity index (χ2n) is 7.79. The summed E-state index contributed by atoms with van der Waals surface area (Å²) in [4.78, 5) is 24.8. The fourth-order valence-electron chi connectivity index (χ4n) is 3.08. The van der Waals surface area contributed by atoms with E-state index >= 15 is 0 Å². The molecule has 0 aliphatic heterocycles. The highest BCUT2D eigenvalue weighted by atomic mass is 16.5. The zero-order chi connectivity index (χ0) is 23.5. The Hall–Kier alpha value is -3.48. The van der Waals surface area contributed by atoms with Crippen LogP contribution in [0.15, 0.2) is 84.9 Å². The Morgan fingerprint density at radius 2 is 1.21 bits per heavy atom. The number of hydrogen-bond donors (Lipinski definition) is 2. The summed E-state index contributed by atoms with van der Waals surface area (Å²) in [6.07, 6.45) is -1.17. The summed E-state index contributed by atoms with van der Waals surface area (Å²) in [7, 11) is 0. The van der Waals surface area contributed by atoms with Crippen LogP contribution in [0.2, 0.25) is 0 Å². The van der Waals surface area contributed by atoms with E-state index in [1.807, 2.05) is 78.9 Å². The predicted octanol–water partition coefficient (Wildman–Crippen LogP) is 4.45. The van der Waals surface area contributed by atoms with Crippen LogP contribution in [0.5, 0.6) is 0 Å². The van der Waals surface area contributed by atoms with Crippen molar-refractivity contribution in [3.63, 3.8) is 0 Å². The standard InChI is InChI=1S/C27H30N2O4/c1-20(32-18-22-10-5-3-6-11-22)26(30)28-17-24-14-9-15-25(16-24)29-27(31)21(2)33-19-23-12-7-4-8-13-23/h3-16,20-21H,17-19H2,1-2H3,(H,28,30)(H,29,31). The quantitative estimate of drug-likeness (QED) is 0.456. The molecule has 0 saturated heterocycles. The van der Waals surface area contributed by atoms with Gasteiger partial charge in [0.25, 0.3) is 5.91 Å². The van der Waals surface area contributed by atoms with Crippen LogP contribution >= 0.6 is 0 Å². The van der Waals surface area contributed by atoms with Crippen molar-refractivity contribution >= 4 is 17.5 Å². The molecule has 3 aromatic rings. The van der Waals surface area contributed by atoms with Crippen molar-refractivity contribution in [2.45, 2.75) is 45.8 Å². The van der Waals surface area contributed by atoms with Crippen LogP contribution in [0.25, 0.3) is 0 Å². The molecular weight excluding hydrogens is 416 g/mol. The summed E-state index contributed by atoms with van der Waals surface area (Å²) >= 11 is 0. The maximum Gasteiger partial charge on any atom is 0.253 e. The van der Waals surface area contributed by atoms with Gasteiger partial charge in [0.05, 0.1) is 13.2 Å². The van der Waals surface area contributed by atoms with Crippen molar-refractivity contribution in [3.05, 3.63) is 102 Å². The molecule has 2 atom stereocenters. The van der Waals surface area contributed by atoms with Gasteiger partial charge in [-0.3, -0.25) is 9.59 Å². The first kappa shape index (κ1) is 24.2. The van der Waals surface area contributed by atoms with Gasteiger partial charge in [-0.15, -0.1) is 0 Å². The van der Waals surface area contributed by atoms with E-state index in [1.54, 1.807) is 19.9 Å². The molecular formula is C27H30N2O4. The summed E-state index contributed by atoms with van der Waals surface area (Å²) in [5.41, 5.74) is 3.55. The van der Waals surface area contributed by atoms with Gasteiger partial charge in [-0.05, 0) is 42.7 Å². The number of hydrogen-bond acceptors (Lipinski definition) is 4. The molecule has 3 rings (SSSR count). The van der Waals surface area contributed by atoms with E-state index in [-0.39, 0.29) is 11.8 Å². The van der Waals surface area contributed by atoms with Crippen LogP contribution in [0.1, 0.15) is 30.5 Å². The molecule has 0 spiro atoms. The number of carbonyl (C=O) groups excluding carboxylic acids is 2. The summed E-state index contributed by atoms with van der Waals surface area (Å²) in [5.74, 6) is -0.418. The van der Waals surface area contributed by atoms with Crippen LogP contribution in [0.4, 0.5) is 5.69 Å². The maximum atomic E-state index is 12.5. The Morgan fingerprint density at radius 1 is 0.697 bits per heavy atom. The SMILES string of the molecule is CC(OCc1ccccc1)C(=O)NCc1cccc(NC(=O)C(C)OCc2ccccc2)c1. The first-order valence-corrected chi connectivity index (χ1v) is 11.0. The summed E-state index contributed by atoms with van der Waals surface area (Å²) < 4.78 is 11.3. The van der Waals surface area contributed by atoms with Gasteiger partial charge >= 0.3 is 0 Å². The zero-order valence-corrected chi connectivity index (χ0v) is 19.0. The lowest BCUT2D eigenvalue weighted by atomic mass is 10.2. The molecule has 0 fully saturated rings. The van der Waals surface area contributed by atoms with Crippen molar-refractivity contribution in [1.82, 2.24) is 5.32 Å². The lowest BCUT2D eigenvalue weighted by Gasteiger charge is -2.15. The van der Waals surface area contributed by atoms with Crippen LogP contribution in [-0.4, -0.2) is 24.0 Å². The third-order valence-corrected chi connectivity index (χ3v) is 5.09. The van der Waals surface area contributed by atoms with Crippen molar-refractivity contribution in [2.75, 3.05) is 5.32 Å². The molecule has 0 bridgehead atoms. The molecule has 0 saturated carbocycles. The van der Waals surface area contributed by atoms with E-state index < -0.39 is 12.2 Å². The Morgan fingerprint density at radius 3 is 1.79 bits per heavy atom. The van der Waals surface area contributed by atoms with Gasteiger partial charge in [-0.25, -0.2) is 0 Å². The van der Waals surface area contributed by atoms with Crippen LogP contribution < -0.4 is 10.6 Å². The topological polar surface area (TPSA) is 76.7 Å². The Balaban J connectivity index is 1.43. The van der Waals surface area contributed by atoms with E-state index in [0.717, 1.165) is 16.7 Å². The number of amides is 2. The van der Waals surface area contributed by atoms with Crippen molar-refractivity contribution in [1.29, 1.82) is 0 Å². The summed E-state index contributed by atoms with van der Waals surface area (Å²) in [6.45, 7) is 4.53. The maximum absolute atomic E-state index is 12.5. The molecule has 0 aliphatic carbocycles. The molecule has 0 radical (unpaired) electrons. The van der Waals surface area contributed by atoms with Crippen molar-refractivity contribution in [2.24, 2.45) is 0 Å². The van der Waals surface area contributed by atoms with Gasteiger partial charge in [0, 0.05) is 12.2 Å². The Kier molecular flexibility index (Phi) is 9.18. The van der Waals surface area contributed by atoms with Crippen molar-refractivity contribution in [3.8, 4) is 0 Å². The average molecular weight is 447 g/mol. The third kappa shape index (κ3) is 8.18. The molecule has 0 heterocycles. The number of benzene rings is 3. The normalized spacial score (nSPS) is 12.5. The Labute approximate surface area is 194 Å². The van der Waals surface area contributed by atoms with Crippen LogP contribution in [0, 0.1) is 0 Å². The smallest absolute Gasteiger partial charge is 0.253 e. The minimum absolute atomic E-state index is 0.191. The first-order valence-electron chi connectivity index (χ1n) is 11.0. The summed E-state index contributed by atoms with van der Waals surface area (Å²) in [5, 5.41) is 5.74. The van der Waals surface area contributed by atoms with Gasteiger partial charge in [0.15, 0.2) is 0 Å². The van der Waals surface area contributed by atoms with E-state index in [2.05, 4.69) is 10.6 Å². The molecule has 2 unspecified atom stereocenters. The van der Waals surface area contributed by atoms with Gasteiger partial charge in [0.1, 0.15) is 12.2 Å². The van der Waals surface area contributed by atoms with Gasteiger partial charge in [-0.2, -0.15) is 0 Å². The molecule has 2 N–H and O–H groups in total. The zero-order valence-electron chi connectivity index (χ0n) is 19.0. The monoisotopic (exact) mass is 446 g/mol. The molecule has 33 heavy (non-hydrogen) atoms. The van der Waals surface area contributed by atoms with E-state index in [1.165, 1.54) is 0 Å². The minimum atomic E-state index is -0.601. The highest BCUT2D eigenvalue weighted by molar-refractivity contribution is 5.94. The third-order valence-electron chi connectivity index (χ3n) is 5.09. The lowest BCUT2D eigenvalue weighted by Crippen LogP contribution is -2.34. The second-order valence-corrected chi connectivity index (χ2v) is 7.79. The fourth-order valence-corrected chi connectivity index (χ4v) is 3.08. The number of anilines is 1. The molecule has 2 amide bonds. The predicted molar refractivity (Wildman–Crippen MR) is 128 cm³/mol. The van der Waals surface area contributed by atoms with E-state index in [0.29, 0.717) is 25.4 Å². The number of carbonyl (C=O) groups is 2. The molecule has 6 heteroatoms. The second kappa shape index (κ2) is 12.5. The lowest BCUT2D eigenvalue weighted by molar-refractivity contribution is -0.132. The molecule has 0 aromatic heterocycles. The average Bonchev–Trinajstić information content (AvgIpc) is 2.85. The molecule has 6 nitrogen and oxygen atoms in total. The summed E-state index contributed by atoms with van der Waals surface area (Å²) in [6, 6.07) is 26.8. The Bertz CT molecular complexity index is 1020. The van der Waals surface area contributed by atoms with Gasteiger partial charge in [-0.1, -0.05) is 72.8 Å².